The van der Waals surface area contributed by atoms with E-state index in [9.17, 15) is 18.4 Å². The Hall–Kier alpha value is -3.53. The number of halogens is 2. The highest BCUT2D eigenvalue weighted by Gasteiger charge is 2.15. The molecular weight excluding hydrogens is 436 g/mol. The third-order valence-electron chi connectivity index (χ3n) is 4.30. The molecule has 0 saturated heterocycles. The molecule has 1 heterocycles. The van der Waals surface area contributed by atoms with Crippen LogP contribution < -0.4 is 10.6 Å². The summed E-state index contributed by atoms with van der Waals surface area (Å²) in [5, 5.41) is 14.0. The molecule has 0 aliphatic rings. The topological polar surface area (TPSA) is 88.9 Å². The van der Waals surface area contributed by atoms with Gasteiger partial charge in [0.2, 0.25) is 5.91 Å². The Morgan fingerprint density at radius 1 is 1.12 bits per heavy atom. The lowest BCUT2D eigenvalue weighted by Crippen LogP contribution is -2.27. The fourth-order valence-electron chi connectivity index (χ4n) is 2.84. The Balaban J connectivity index is 1.56. The highest BCUT2D eigenvalue weighted by molar-refractivity contribution is 7.99. The lowest BCUT2D eigenvalue weighted by Gasteiger charge is -2.09. The van der Waals surface area contributed by atoms with Crippen molar-refractivity contribution in [3.63, 3.8) is 0 Å². The van der Waals surface area contributed by atoms with Gasteiger partial charge in [0.05, 0.1) is 11.3 Å². The first-order valence-electron chi connectivity index (χ1n) is 9.72. The second-order valence-electron chi connectivity index (χ2n) is 6.63. The second kappa shape index (κ2) is 11.2. The fourth-order valence-corrected chi connectivity index (χ4v) is 3.61. The van der Waals surface area contributed by atoms with Crippen molar-refractivity contribution in [2.75, 3.05) is 17.6 Å². The quantitative estimate of drug-likeness (QED) is 0.360. The standard InChI is InChI=1S/C22H21F2N5O2S/c1-2-12-29-19(10-11-25-21(31)17-8-3-4-9-18(17)24)27-28-22(29)32-14-20(30)26-16-7-5-6-15(23)13-16/h2-9,13H,1,10-12,14H2,(H,25,31)(H,26,30). The summed E-state index contributed by atoms with van der Waals surface area (Å²) >= 11 is 1.18. The molecule has 1 aromatic heterocycles. The lowest BCUT2D eigenvalue weighted by molar-refractivity contribution is -0.113. The van der Waals surface area contributed by atoms with Crippen molar-refractivity contribution in [3.8, 4) is 0 Å². The number of benzene rings is 2. The summed E-state index contributed by atoms with van der Waals surface area (Å²) < 4.78 is 28.7. The van der Waals surface area contributed by atoms with Crippen molar-refractivity contribution in [3.05, 3.63) is 84.2 Å². The van der Waals surface area contributed by atoms with Crippen molar-refractivity contribution in [2.45, 2.75) is 18.1 Å². The Labute approximate surface area is 187 Å². The van der Waals surface area contributed by atoms with Gasteiger partial charge in [-0.1, -0.05) is 36.0 Å². The van der Waals surface area contributed by atoms with Crippen molar-refractivity contribution in [1.82, 2.24) is 20.1 Å². The van der Waals surface area contributed by atoms with Gasteiger partial charge in [-0.05, 0) is 30.3 Å². The molecule has 2 N–H and O–H groups in total. The van der Waals surface area contributed by atoms with Crippen molar-refractivity contribution >= 4 is 29.3 Å². The van der Waals surface area contributed by atoms with E-state index in [0.29, 0.717) is 29.6 Å². The number of thioether (sulfide) groups is 1. The zero-order valence-electron chi connectivity index (χ0n) is 17.1. The first-order valence-corrected chi connectivity index (χ1v) is 10.7. The maximum absolute atomic E-state index is 13.7. The number of allylic oxidation sites excluding steroid dienone is 1. The summed E-state index contributed by atoms with van der Waals surface area (Å²) in [7, 11) is 0. The molecule has 10 heteroatoms. The molecule has 0 bridgehead atoms. The Kier molecular flexibility index (Phi) is 8.09. The smallest absolute Gasteiger partial charge is 0.254 e. The molecular formula is C22H21F2N5O2S. The van der Waals surface area contributed by atoms with E-state index < -0.39 is 17.5 Å². The summed E-state index contributed by atoms with van der Waals surface area (Å²) in [6, 6.07) is 11.4. The Bertz CT molecular complexity index is 1120. The monoisotopic (exact) mass is 457 g/mol. The van der Waals surface area contributed by atoms with Crippen LogP contribution in [-0.4, -0.2) is 38.9 Å². The molecule has 3 rings (SSSR count). The van der Waals surface area contributed by atoms with Crippen LogP contribution in [0, 0.1) is 11.6 Å². The van der Waals surface area contributed by atoms with E-state index >= 15 is 0 Å². The number of anilines is 1. The van der Waals surface area contributed by atoms with E-state index in [-0.39, 0.29) is 23.8 Å². The van der Waals surface area contributed by atoms with Crippen LogP contribution in [0.2, 0.25) is 0 Å². The van der Waals surface area contributed by atoms with Gasteiger partial charge in [-0.25, -0.2) is 8.78 Å². The van der Waals surface area contributed by atoms with E-state index in [0.717, 1.165) is 0 Å². The minimum absolute atomic E-state index is 0.0272. The number of carbonyl (C=O) groups is 2. The average Bonchev–Trinajstić information content (AvgIpc) is 3.14. The number of rotatable bonds is 10. The van der Waals surface area contributed by atoms with Gasteiger partial charge in [-0.3, -0.25) is 9.59 Å². The third-order valence-corrected chi connectivity index (χ3v) is 5.27. The maximum atomic E-state index is 13.7. The van der Waals surface area contributed by atoms with Gasteiger partial charge >= 0.3 is 0 Å². The summed E-state index contributed by atoms with van der Waals surface area (Å²) in [6.45, 7) is 4.37. The molecule has 0 aliphatic carbocycles. The van der Waals surface area contributed by atoms with Crippen LogP contribution in [0.1, 0.15) is 16.2 Å². The van der Waals surface area contributed by atoms with Gasteiger partial charge < -0.3 is 15.2 Å². The van der Waals surface area contributed by atoms with E-state index in [2.05, 4.69) is 27.4 Å². The van der Waals surface area contributed by atoms with Crippen molar-refractivity contribution in [2.24, 2.45) is 0 Å². The normalized spacial score (nSPS) is 10.6. The highest BCUT2D eigenvalue weighted by atomic mass is 32.2. The Morgan fingerprint density at radius 3 is 2.69 bits per heavy atom. The number of nitrogens with zero attached hydrogens (tertiary/aromatic N) is 3. The van der Waals surface area contributed by atoms with E-state index in [4.69, 9.17) is 0 Å². The highest BCUT2D eigenvalue weighted by Crippen LogP contribution is 2.18. The fraction of sp³-hybridized carbons (Fsp3) is 0.182. The van der Waals surface area contributed by atoms with Crippen LogP contribution in [0.4, 0.5) is 14.5 Å². The van der Waals surface area contributed by atoms with Crippen molar-refractivity contribution in [1.29, 1.82) is 0 Å². The molecule has 0 unspecified atom stereocenters. The molecule has 32 heavy (non-hydrogen) atoms. The number of hydrogen-bond acceptors (Lipinski definition) is 5. The van der Waals surface area contributed by atoms with Gasteiger partial charge in [-0.2, -0.15) is 0 Å². The van der Waals surface area contributed by atoms with Crippen molar-refractivity contribution < 1.29 is 18.4 Å². The van der Waals surface area contributed by atoms with Crippen LogP contribution in [0.15, 0.2) is 66.3 Å². The van der Waals surface area contributed by atoms with Gasteiger partial charge in [0.15, 0.2) is 5.16 Å². The summed E-state index contributed by atoms with van der Waals surface area (Å²) in [6.07, 6.45) is 2.03. The number of amides is 2. The minimum atomic E-state index is -0.588. The minimum Gasteiger partial charge on any atom is -0.351 e. The zero-order chi connectivity index (χ0) is 22.9. The zero-order valence-corrected chi connectivity index (χ0v) is 17.9. The van der Waals surface area contributed by atoms with Crippen LogP contribution in [0.5, 0.6) is 0 Å². The SMILES string of the molecule is C=CCn1c(CCNC(=O)c2ccccc2F)nnc1SCC(=O)Nc1cccc(F)c1. The largest absolute Gasteiger partial charge is 0.351 e. The van der Waals surface area contributed by atoms with Gasteiger partial charge in [0, 0.05) is 25.2 Å². The summed E-state index contributed by atoms with van der Waals surface area (Å²) in [4.78, 5) is 24.3. The molecule has 3 aromatic rings. The molecule has 0 fully saturated rings. The van der Waals surface area contributed by atoms with Gasteiger partial charge in [0.1, 0.15) is 17.5 Å². The maximum Gasteiger partial charge on any atom is 0.254 e. The van der Waals surface area contributed by atoms with Gasteiger partial charge in [-0.15, -0.1) is 16.8 Å². The number of hydrogen-bond donors (Lipinski definition) is 2. The van der Waals surface area contributed by atoms with Gasteiger partial charge in [0.25, 0.3) is 5.91 Å². The predicted octanol–water partition coefficient (Wildman–Crippen LogP) is 3.45. The molecule has 0 aliphatic heterocycles. The van der Waals surface area contributed by atoms with E-state index in [1.807, 2.05) is 0 Å². The van der Waals surface area contributed by atoms with Crippen LogP contribution in [0.3, 0.4) is 0 Å². The molecule has 7 nitrogen and oxygen atoms in total. The molecule has 2 aromatic carbocycles. The second-order valence-corrected chi connectivity index (χ2v) is 7.57. The van der Waals surface area contributed by atoms with E-state index in [1.165, 1.54) is 48.2 Å². The first-order chi connectivity index (χ1) is 15.5. The third kappa shape index (κ3) is 6.24. The first kappa shape index (κ1) is 23.1. The van der Waals surface area contributed by atoms with E-state index in [1.54, 1.807) is 22.8 Å². The average molecular weight is 458 g/mol. The molecule has 166 valence electrons. The lowest BCUT2D eigenvalue weighted by atomic mass is 10.2. The molecule has 2 amide bonds. The van der Waals surface area contributed by atoms with Crippen LogP contribution in [-0.2, 0) is 17.8 Å². The molecule has 0 spiro atoms. The Morgan fingerprint density at radius 2 is 1.94 bits per heavy atom. The van der Waals surface area contributed by atoms with Crippen LogP contribution in [0.25, 0.3) is 0 Å². The predicted molar refractivity (Wildman–Crippen MR) is 118 cm³/mol. The molecule has 0 radical (unpaired) electrons. The summed E-state index contributed by atoms with van der Waals surface area (Å²) in [5.41, 5.74) is 0.343. The summed E-state index contributed by atoms with van der Waals surface area (Å²) in [5.74, 6) is -1.21. The molecule has 0 saturated carbocycles. The number of carbonyl (C=O) groups excluding carboxylic acids is 2. The number of aromatic nitrogens is 3. The van der Waals surface area contributed by atoms with Crippen LogP contribution >= 0.6 is 11.8 Å². The number of nitrogens with one attached hydrogen (secondary N) is 2. The molecule has 0 atom stereocenters.